The van der Waals surface area contributed by atoms with Crippen molar-refractivity contribution < 1.29 is 19.5 Å². The molecule has 0 bridgehead atoms. The molecule has 3 fully saturated rings. The molecule has 4 unspecified atom stereocenters. The second-order valence-electron chi connectivity index (χ2n) is 8.95. The van der Waals surface area contributed by atoms with Gasteiger partial charge in [-0.1, -0.05) is 67.8 Å². The molecule has 4 rings (SSSR count). The van der Waals surface area contributed by atoms with Gasteiger partial charge in [0.05, 0.1) is 0 Å². The van der Waals surface area contributed by atoms with Gasteiger partial charge in [-0.05, 0) is 110 Å². The van der Waals surface area contributed by atoms with Crippen molar-refractivity contribution in [2.75, 3.05) is 0 Å². The van der Waals surface area contributed by atoms with Crippen LogP contribution in [0.5, 0.6) is 0 Å². The minimum absolute atomic E-state index is 0. The fourth-order valence-electron chi connectivity index (χ4n) is 5.10. The molecule has 4 atom stereocenters. The first-order chi connectivity index (χ1) is 13.6. The van der Waals surface area contributed by atoms with E-state index in [-0.39, 0.29) is 35.3 Å². The fourth-order valence-corrected chi connectivity index (χ4v) is 12.3. The van der Waals surface area contributed by atoms with Gasteiger partial charge < -0.3 is 0 Å². The Morgan fingerprint density at radius 3 is 1.10 bits per heavy atom. The van der Waals surface area contributed by atoms with Crippen LogP contribution < -0.4 is 10.6 Å². The van der Waals surface area contributed by atoms with Crippen LogP contribution in [0.15, 0.2) is 24.3 Å². The Bertz CT molecular complexity index is 503. The molecule has 3 aliphatic rings. The van der Waals surface area contributed by atoms with Gasteiger partial charge in [0, 0.05) is 0 Å². The Labute approximate surface area is 197 Å². The Balaban J connectivity index is 0.000000283. The maximum absolute atomic E-state index is 2.50. The Hall–Kier alpha value is 0.703. The van der Waals surface area contributed by atoms with Gasteiger partial charge in [-0.2, -0.15) is 0 Å². The van der Waals surface area contributed by atoms with Crippen LogP contribution in [0.2, 0.25) is 0 Å². The minimum atomic E-state index is 0. The molecule has 1 aromatic rings. The Morgan fingerprint density at radius 2 is 0.828 bits per heavy atom. The van der Waals surface area contributed by atoms with Crippen molar-refractivity contribution in [2.24, 2.45) is 0 Å². The Morgan fingerprint density at radius 1 is 0.552 bits per heavy atom. The van der Waals surface area contributed by atoms with Crippen LogP contribution >= 0.6 is 15.8 Å². The molecule has 1 saturated carbocycles. The molecule has 0 nitrogen and oxygen atoms in total. The molecular formula is C26H40P2Rh+3. The SMILES string of the molecule is CC1CCC(C)P1c1ccccc1P1C(C)CCC1C.[CH]1[CH]CC[CH][CH]CC1.[Rh+3]. The average molecular weight is 517 g/mol. The molecule has 3 heteroatoms. The molecular weight excluding hydrogens is 477 g/mol. The second kappa shape index (κ2) is 13.3. The van der Waals surface area contributed by atoms with Gasteiger partial charge in [-0.25, -0.2) is 0 Å². The third kappa shape index (κ3) is 7.10. The summed E-state index contributed by atoms with van der Waals surface area (Å²) in [4.78, 5) is 0. The van der Waals surface area contributed by atoms with E-state index in [0.29, 0.717) is 0 Å². The zero-order valence-electron chi connectivity index (χ0n) is 18.8. The van der Waals surface area contributed by atoms with E-state index in [0.717, 1.165) is 22.6 Å². The molecule has 1 aromatic carbocycles. The summed E-state index contributed by atoms with van der Waals surface area (Å²) in [5, 5.41) is 3.57. The van der Waals surface area contributed by atoms with Gasteiger partial charge in [-0.15, -0.1) is 0 Å². The van der Waals surface area contributed by atoms with Crippen molar-refractivity contribution in [2.45, 2.75) is 102 Å². The van der Waals surface area contributed by atoms with Crippen molar-refractivity contribution in [1.29, 1.82) is 0 Å². The molecule has 0 spiro atoms. The van der Waals surface area contributed by atoms with Crippen LogP contribution in [0.25, 0.3) is 0 Å². The second-order valence-corrected chi connectivity index (χ2v) is 15.1. The summed E-state index contributed by atoms with van der Waals surface area (Å²) in [6.45, 7) is 10.0. The quantitative estimate of drug-likeness (QED) is 0.283. The summed E-state index contributed by atoms with van der Waals surface area (Å²) in [6.07, 6.45) is 19.8. The van der Waals surface area contributed by atoms with Crippen LogP contribution in [0.1, 0.15) is 79.1 Å². The van der Waals surface area contributed by atoms with Crippen molar-refractivity contribution in [3.8, 4) is 0 Å². The zero-order chi connectivity index (χ0) is 19.9. The summed E-state index contributed by atoms with van der Waals surface area (Å²) in [6, 6.07) is 9.55. The molecule has 1 aliphatic carbocycles. The molecule has 0 amide bonds. The van der Waals surface area contributed by atoms with Gasteiger partial charge in [0.15, 0.2) is 0 Å². The number of benzene rings is 1. The van der Waals surface area contributed by atoms with Crippen molar-refractivity contribution in [3.05, 3.63) is 49.9 Å². The van der Waals surface area contributed by atoms with Crippen LogP contribution in [-0.4, -0.2) is 22.6 Å². The first-order valence-electron chi connectivity index (χ1n) is 11.5. The van der Waals surface area contributed by atoms with Crippen LogP contribution in [-0.2, 0) is 19.5 Å². The normalized spacial score (nSPS) is 35.0. The van der Waals surface area contributed by atoms with Crippen molar-refractivity contribution in [3.63, 3.8) is 0 Å². The van der Waals surface area contributed by atoms with Gasteiger partial charge in [0.2, 0.25) is 0 Å². The van der Waals surface area contributed by atoms with E-state index >= 15 is 0 Å². The van der Waals surface area contributed by atoms with E-state index in [1.807, 2.05) is 0 Å². The minimum Gasteiger partial charge on any atom is -0.0688 e. The summed E-state index contributed by atoms with van der Waals surface area (Å²) in [5.41, 5.74) is 3.74. The molecule has 29 heavy (non-hydrogen) atoms. The molecule has 160 valence electrons. The zero-order valence-corrected chi connectivity index (χ0v) is 22.2. The van der Waals surface area contributed by atoms with E-state index in [1.165, 1.54) is 51.4 Å². The maximum Gasteiger partial charge on any atom is 3.00 e. The van der Waals surface area contributed by atoms with Crippen LogP contribution in [0.3, 0.4) is 0 Å². The summed E-state index contributed by atoms with van der Waals surface area (Å²) in [7, 11) is 0.157. The third-order valence-corrected chi connectivity index (χ3v) is 13.6. The van der Waals surface area contributed by atoms with Crippen molar-refractivity contribution >= 4 is 26.5 Å². The van der Waals surface area contributed by atoms with Gasteiger partial charge in [0.1, 0.15) is 0 Å². The molecule has 2 heterocycles. The van der Waals surface area contributed by atoms with Gasteiger partial charge in [-0.3, -0.25) is 0 Å². The Kier molecular flexibility index (Phi) is 11.9. The third-order valence-electron chi connectivity index (χ3n) is 6.68. The van der Waals surface area contributed by atoms with E-state index in [2.05, 4.69) is 77.6 Å². The molecule has 4 radical (unpaired) electrons. The van der Waals surface area contributed by atoms with Crippen LogP contribution in [0, 0.1) is 25.7 Å². The molecule has 0 aromatic heterocycles. The number of hydrogen-bond donors (Lipinski definition) is 0. The van der Waals surface area contributed by atoms with Gasteiger partial charge in [0.25, 0.3) is 0 Å². The smallest absolute Gasteiger partial charge is 0.0688 e. The summed E-state index contributed by atoms with van der Waals surface area (Å²) >= 11 is 0. The number of hydrogen-bond acceptors (Lipinski definition) is 0. The van der Waals surface area contributed by atoms with E-state index in [4.69, 9.17) is 0 Å². The summed E-state index contributed by atoms with van der Waals surface area (Å²) < 4.78 is 0. The van der Waals surface area contributed by atoms with E-state index in [9.17, 15) is 0 Å². The maximum atomic E-state index is 2.50. The molecule has 0 N–H and O–H groups in total. The standard InChI is InChI=1S/C18H28P2.C8H12.Rh/c1-13-9-10-14(2)19(13)17-7-5-6-8-18(17)20-15(3)11-12-16(20)4;1-2-4-6-8-7-5-3-1;/h5-8,13-16H,9-12H2,1-4H3;1-2,7-8H,3-6H2;/q;;+3. The first-order valence-corrected chi connectivity index (χ1v) is 14.5. The molecule has 2 aliphatic heterocycles. The van der Waals surface area contributed by atoms with Gasteiger partial charge >= 0.3 is 19.5 Å². The monoisotopic (exact) mass is 517 g/mol. The topological polar surface area (TPSA) is 0 Å². The summed E-state index contributed by atoms with van der Waals surface area (Å²) in [5.74, 6) is 0. The van der Waals surface area contributed by atoms with Crippen LogP contribution in [0.4, 0.5) is 0 Å². The average Bonchev–Trinajstić information content (AvgIpc) is 3.16. The first kappa shape index (κ1) is 26.0. The fraction of sp³-hybridized carbons (Fsp3) is 0.615. The molecule has 2 saturated heterocycles. The van der Waals surface area contributed by atoms with E-state index < -0.39 is 0 Å². The predicted octanol–water partition coefficient (Wildman–Crippen LogP) is 7.42. The predicted molar refractivity (Wildman–Crippen MR) is 132 cm³/mol. The largest absolute Gasteiger partial charge is 3.00 e. The van der Waals surface area contributed by atoms with E-state index in [1.54, 1.807) is 10.6 Å². The number of rotatable bonds is 2. The van der Waals surface area contributed by atoms with Crippen molar-refractivity contribution in [1.82, 2.24) is 0 Å².